The fourth-order valence-corrected chi connectivity index (χ4v) is 4.55. The molecule has 3 aromatic rings. The Kier molecular flexibility index (Phi) is 6.11. The van der Waals surface area contributed by atoms with Gasteiger partial charge in [-0.1, -0.05) is 44.2 Å². The van der Waals surface area contributed by atoms with E-state index in [4.69, 9.17) is 9.84 Å². The average molecular weight is 450 g/mol. The number of carbonyl (C=O) groups excluding carboxylic acids is 1. The summed E-state index contributed by atoms with van der Waals surface area (Å²) in [5, 5.41) is 10.9. The summed E-state index contributed by atoms with van der Waals surface area (Å²) in [6, 6.07) is 12.2. The van der Waals surface area contributed by atoms with Crippen LogP contribution < -0.4 is 9.64 Å². The Hall–Kier alpha value is -3.41. The lowest BCUT2D eigenvalue weighted by atomic mass is 9.89. The molecular formula is C27H28FNO4. The summed E-state index contributed by atoms with van der Waals surface area (Å²) < 4.78 is 21.2. The summed E-state index contributed by atoms with van der Waals surface area (Å²) in [5.74, 6) is -0.918. The third-order valence-electron chi connectivity index (χ3n) is 5.77. The average Bonchev–Trinajstić information content (AvgIpc) is 3.06. The van der Waals surface area contributed by atoms with Gasteiger partial charge in [-0.2, -0.15) is 0 Å². The lowest BCUT2D eigenvalue weighted by Crippen LogP contribution is -2.25. The zero-order chi connectivity index (χ0) is 23.9. The molecule has 0 aliphatic carbocycles. The number of hydrogen-bond donors (Lipinski definition) is 1. The summed E-state index contributed by atoms with van der Waals surface area (Å²) in [4.78, 5) is 26.1. The van der Waals surface area contributed by atoms with Gasteiger partial charge >= 0.3 is 5.97 Å². The van der Waals surface area contributed by atoms with E-state index in [1.54, 1.807) is 6.07 Å². The molecule has 1 amide bonds. The molecule has 0 saturated carbocycles. The highest BCUT2D eigenvalue weighted by Crippen LogP contribution is 2.44. The standard InChI is InChI=1S/C27H28FNO4/c1-15(2)11-20-18-7-5-6-8-19(18)26(33-16(3)4)21-14-29(27(32)25(20)21)23-10-9-17(12-22(23)28)13-24(30)31/h5-10,12,15-16H,11,13-14H2,1-4H3,(H,30,31). The van der Waals surface area contributed by atoms with E-state index < -0.39 is 11.8 Å². The molecule has 1 aliphatic heterocycles. The van der Waals surface area contributed by atoms with E-state index in [-0.39, 0.29) is 30.7 Å². The number of fused-ring (bicyclic) bond motifs is 2. The fraction of sp³-hybridized carbons (Fsp3) is 0.333. The molecule has 0 spiro atoms. The number of ether oxygens (including phenoxy) is 1. The first-order valence-corrected chi connectivity index (χ1v) is 11.2. The molecule has 0 unspecified atom stereocenters. The van der Waals surface area contributed by atoms with Crippen molar-refractivity contribution >= 4 is 28.3 Å². The molecule has 0 bridgehead atoms. The SMILES string of the molecule is CC(C)Cc1c2c(c(OC(C)C)c3ccccc13)CN(c1ccc(CC(=O)O)cc1F)C2=O. The van der Waals surface area contributed by atoms with Crippen molar-refractivity contribution in [2.45, 2.75) is 53.2 Å². The summed E-state index contributed by atoms with van der Waals surface area (Å²) in [7, 11) is 0. The Morgan fingerprint density at radius 3 is 2.42 bits per heavy atom. The second kappa shape index (κ2) is 8.85. The molecule has 3 aromatic carbocycles. The first-order chi connectivity index (χ1) is 15.7. The molecule has 0 radical (unpaired) electrons. The highest BCUT2D eigenvalue weighted by Gasteiger charge is 2.37. The van der Waals surface area contributed by atoms with Crippen LogP contribution in [0, 0.1) is 11.7 Å². The number of hydrogen-bond acceptors (Lipinski definition) is 3. The number of halogens is 1. The number of benzene rings is 3. The van der Waals surface area contributed by atoms with Crippen LogP contribution in [-0.2, 0) is 24.2 Å². The van der Waals surface area contributed by atoms with Crippen molar-refractivity contribution in [3.05, 3.63) is 70.5 Å². The van der Waals surface area contributed by atoms with Crippen LogP contribution in [0.5, 0.6) is 5.75 Å². The molecule has 6 heteroatoms. The molecule has 1 N–H and O–H groups in total. The van der Waals surface area contributed by atoms with Crippen molar-refractivity contribution in [1.82, 2.24) is 0 Å². The molecule has 0 atom stereocenters. The zero-order valence-electron chi connectivity index (χ0n) is 19.3. The quantitative estimate of drug-likeness (QED) is 0.499. The minimum absolute atomic E-state index is 0.0929. The minimum atomic E-state index is -1.03. The second-order valence-corrected chi connectivity index (χ2v) is 9.22. The smallest absolute Gasteiger partial charge is 0.307 e. The number of rotatable bonds is 7. The Balaban J connectivity index is 1.89. The van der Waals surface area contributed by atoms with Crippen LogP contribution in [0.3, 0.4) is 0 Å². The molecule has 33 heavy (non-hydrogen) atoms. The first-order valence-electron chi connectivity index (χ1n) is 11.2. The van der Waals surface area contributed by atoms with Crippen LogP contribution in [0.4, 0.5) is 10.1 Å². The van der Waals surface area contributed by atoms with Gasteiger partial charge in [-0.25, -0.2) is 4.39 Å². The summed E-state index contributed by atoms with van der Waals surface area (Å²) in [5.41, 5.74) is 2.81. The number of carboxylic acids is 1. The molecule has 1 aliphatic rings. The van der Waals surface area contributed by atoms with E-state index in [0.29, 0.717) is 29.2 Å². The van der Waals surface area contributed by atoms with E-state index in [2.05, 4.69) is 13.8 Å². The third-order valence-corrected chi connectivity index (χ3v) is 5.77. The maximum Gasteiger partial charge on any atom is 0.307 e. The van der Waals surface area contributed by atoms with Gasteiger partial charge in [0.2, 0.25) is 0 Å². The Morgan fingerprint density at radius 1 is 1.12 bits per heavy atom. The van der Waals surface area contributed by atoms with Crippen LogP contribution >= 0.6 is 0 Å². The van der Waals surface area contributed by atoms with Crippen LogP contribution in [0.1, 0.15) is 54.7 Å². The lowest BCUT2D eigenvalue weighted by Gasteiger charge is -2.20. The zero-order valence-corrected chi connectivity index (χ0v) is 19.3. The topological polar surface area (TPSA) is 66.8 Å². The lowest BCUT2D eigenvalue weighted by molar-refractivity contribution is -0.136. The molecule has 5 nitrogen and oxygen atoms in total. The Morgan fingerprint density at radius 2 is 1.82 bits per heavy atom. The van der Waals surface area contributed by atoms with E-state index in [1.807, 2.05) is 38.1 Å². The van der Waals surface area contributed by atoms with Crippen LogP contribution in [-0.4, -0.2) is 23.1 Å². The number of nitrogens with zero attached hydrogens (tertiary/aromatic N) is 1. The van der Waals surface area contributed by atoms with E-state index in [1.165, 1.54) is 17.0 Å². The predicted molar refractivity (Wildman–Crippen MR) is 127 cm³/mol. The van der Waals surface area contributed by atoms with Crippen LogP contribution in [0.25, 0.3) is 10.8 Å². The van der Waals surface area contributed by atoms with Crippen molar-refractivity contribution in [3.8, 4) is 5.75 Å². The second-order valence-electron chi connectivity index (χ2n) is 9.22. The van der Waals surface area contributed by atoms with Gasteiger partial charge in [-0.15, -0.1) is 0 Å². The maximum absolute atomic E-state index is 15.0. The molecule has 0 saturated heterocycles. The number of anilines is 1. The van der Waals surface area contributed by atoms with Gasteiger partial charge in [-0.3, -0.25) is 9.59 Å². The van der Waals surface area contributed by atoms with Gasteiger partial charge in [0.25, 0.3) is 5.91 Å². The predicted octanol–water partition coefficient (Wildman–Crippen LogP) is 5.75. The van der Waals surface area contributed by atoms with Gasteiger partial charge < -0.3 is 14.7 Å². The number of aliphatic carboxylic acids is 1. The van der Waals surface area contributed by atoms with E-state index in [9.17, 15) is 9.59 Å². The highest BCUT2D eigenvalue weighted by atomic mass is 19.1. The van der Waals surface area contributed by atoms with Gasteiger partial charge in [0, 0.05) is 10.9 Å². The molecular weight excluding hydrogens is 421 g/mol. The summed E-state index contributed by atoms with van der Waals surface area (Å²) in [6.45, 7) is 8.30. The molecule has 4 rings (SSSR count). The van der Waals surface area contributed by atoms with Crippen molar-refractivity contribution < 1.29 is 23.8 Å². The first kappa shape index (κ1) is 22.8. The van der Waals surface area contributed by atoms with Crippen molar-refractivity contribution in [2.24, 2.45) is 5.92 Å². The summed E-state index contributed by atoms with van der Waals surface area (Å²) >= 11 is 0. The molecule has 0 aromatic heterocycles. The Labute approximate surface area is 192 Å². The van der Waals surface area contributed by atoms with E-state index in [0.717, 1.165) is 21.9 Å². The number of amides is 1. The number of carboxylic acid groups (broad SMARTS) is 1. The molecule has 172 valence electrons. The van der Waals surface area contributed by atoms with Gasteiger partial charge in [0.05, 0.1) is 30.3 Å². The maximum atomic E-state index is 15.0. The van der Waals surface area contributed by atoms with Crippen molar-refractivity contribution in [2.75, 3.05) is 4.90 Å². The highest BCUT2D eigenvalue weighted by molar-refractivity contribution is 6.15. The van der Waals surface area contributed by atoms with Crippen molar-refractivity contribution in [1.29, 1.82) is 0 Å². The van der Waals surface area contributed by atoms with Gasteiger partial charge in [-0.05, 0) is 54.8 Å². The molecule has 0 fully saturated rings. The van der Waals surface area contributed by atoms with Crippen LogP contribution in [0.2, 0.25) is 0 Å². The third kappa shape index (κ3) is 4.30. The minimum Gasteiger partial charge on any atom is -0.490 e. The monoisotopic (exact) mass is 449 g/mol. The van der Waals surface area contributed by atoms with Crippen LogP contribution in [0.15, 0.2) is 42.5 Å². The fourth-order valence-electron chi connectivity index (χ4n) is 4.55. The normalized spacial score (nSPS) is 13.3. The van der Waals surface area contributed by atoms with Gasteiger partial charge in [0.1, 0.15) is 11.6 Å². The van der Waals surface area contributed by atoms with E-state index >= 15 is 4.39 Å². The molecule has 1 heterocycles. The van der Waals surface area contributed by atoms with Gasteiger partial charge in [0.15, 0.2) is 0 Å². The van der Waals surface area contributed by atoms with Crippen molar-refractivity contribution in [3.63, 3.8) is 0 Å². The number of carbonyl (C=O) groups is 2. The Bertz CT molecular complexity index is 1250. The summed E-state index contributed by atoms with van der Waals surface area (Å²) in [6.07, 6.45) is 0.344. The largest absolute Gasteiger partial charge is 0.490 e.